The van der Waals surface area contributed by atoms with Gasteiger partial charge in [0.25, 0.3) is 5.91 Å². The van der Waals surface area contributed by atoms with E-state index < -0.39 is 6.61 Å². The molecule has 0 aromatic heterocycles. The Morgan fingerprint density at radius 3 is 2.17 bits per heavy atom. The first kappa shape index (κ1) is 23.6. The maximum absolute atomic E-state index is 12.1. The molecular weight excluding hydrogens is 378 g/mol. The average Bonchev–Trinajstić information content (AvgIpc) is 2.77. The molecule has 0 fully saturated rings. The van der Waals surface area contributed by atoms with Crippen molar-refractivity contribution in [3.63, 3.8) is 0 Å². The second kappa shape index (κ2) is 13.5. The van der Waals surface area contributed by atoms with Gasteiger partial charge in [0.05, 0.1) is 0 Å². The summed E-state index contributed by atoms with van der Waals surface area (Å²) in [4.78, 5) is 23.3. The second-order valence-corrected chi connectivity index (χ2v) is 7.57. The summed E-state index contributed by atoms with van der Waals surface area (Å²) < 4.78 is 5.57. The normalized spacial score (nSPS) is 10.6. The highest BCUT2D eigenvalue weighted by Crippen LogP contribution is 2.16. The fraction of sp³-hybridized carbons (Fsp3) is 0.440. The molecule has 0 saturated heterocycles. The van der Waals surface area contributed by atoms with Crippen LogP contribution in [-0.4, -0.2) is 30.0 Å². The first-order valence-electron chi connectivity index (χ1n) is 10.8. The van der Waals surface area contributed by atoms with E-state index in [1.54, 1.807) is 24.3 Å². The number of unbranched alkanes of at least 4 members (excludes halogenated alkanes) is 5. The molecule has 2 aromatic carbocycles. The van der Waals surface area contributed by atoms with Gasteiger partial charge in [-0.25, -0.2) is 0 Å². The molecule has 0 radical (unpaired) electrons. The highest BCUT2D eigenvalue weighted by molar-refractivity contribution is 5.92. The molecule has 0 aliphatic heterocycles. The standard InChI is InChI=1S/C25H33NO4/c1-2-3-4-5-6-7-8-20-11-15-24(16-12-20)30-19-25(29)26-22-13-9-21(10-14-22)17-23(28)18-27/h9-16,27H,2-8,17-19H2,1H3,(H,26,29). The smallest absolute Gasteiger partial charge is 0.262 e. The van der Waals surface area contributed by atoms with Crippen LogP contribution in [0.1, 0.15) is 56.6 Å². The number of benzene rings is 2. The van der Waals surface area contributed by atoms with Gasteiger partial charge in [-0.3, -0.25) is 9.59 Å². The molecule has 0 atom stereocenters. The van der Waals surface area contributed by atoms with Crippen molar-refractivity contribution in [3.8, 4) is 5.75 Å². The Labute approximate surface area is 179 Å². The molecule has 0 unspecified atom stereocenters. The van der Waals surface area contributed by atoms with Crippen molar-refractivity contribution >= 4 is 17.4 Å². The van der Waals surface area contributed by atoms with Crippen LogP contribution in [0, 0.1) is 0 Å². The van der Waals surface area contributed by atoms with Gasteiger partial charge in [0, 0.05) is 12.1 Å². The van der Waals surface area contributed by atoms with Gasteiger partial charge in [-0.1, -0.05) is 63.3 Å². The average molecular weight is 412 g/mol. The highest BCUT2D eigenvalue weighted by atomic mass is 16.5. The number of hydrogen-bond donors (Lipinski definition) is 2. The number of ether oxygens (including phenoxy) is 1. The Balaban J connectivity index is 1.68. The van der Waals surface area contributed by atoms with Gasteiger partial charge in [-0.15, -0.1) is 0 Å². The van der Waals surface area contributed by atoms with Crippen molar-refractivity contribution in [1.82, 2.24) is 0 Å². The van der Waals surface area contributed by atoms with Crippen LogP contribution in [0.3, 0.4) is 0 Å². The summed E-state index contributed by atoms with van der Waals surface area (Å²) in [6.07, 6.45) is 8.99. The number of carbonyl (C=O) groups excluding carboxylic acids is 2. The lowest BCUT2D eigenvalue weighted by Crippen LogP contribution is -2.20. The van der Waals surface area contributed by atoms with E-state index in [0.29, 0.717) is 11.4 Å². The summed E-state index contributed by atoms with van der Waals surface area (Å²) in [6, 6.07) is 14.9. The molecular formula is C25H33NO4. The minimum absolute atomic E-state index is 0.0679. The van der Waals surface area contributed by atoms with E-state index in [4.69, 9.17) is 9.84 Å². The van der Waals surface area contributed by atoms with Gasteiger partial charge in [-0.2, -0.15) is 0 Å². The fourth-order valence-corrected chi connectivity index (χ4v) is 3.20. The molecule has 5 nitrogen and oxygen atoms in total. The molecule has 2 N–H and O–H groups in total. The third-order valence-corrected chi connectivity index (χ3v) is 4.93. The van der Waals surface area contributed by atoms with Crippen molar-refractivity contribution in [2.45, 2.75) is 58.3 Å². The Morgan fingerprint density at radius 2 is 1.50 bits per heavy atom. The number of amides is 1. The molecule has 30 heavy (non-hydrogen) atoms. The van der Waals surface area contributed by atoms with Gasteiger partial charge in [-0.05, 0) is 48.2 Å². The molecule has 0 heterocycles. The van der Waals surface area contributed by atoms with E-state index in [9.17, 15) is 9.59 Å². The van der Waals surface area contributed by atoms with Gasteiger partial charge in [0.1, 0.15) is 12.4 Å². The highest BCUT2D eigenvalue weighted by Gasteiger charge is 2.06. The van der Waals surface area contributed by atoms with E-state index in [1.807, 2.05) is 12.1 Å². The Kier molecular flexibility index (Phi) is 10.7. The molecule has 2 aromatic rings. The van der Waals surface area contributed by atoms with E-state index >= 15 is 0 Å². The predicted molar refractivity (Wildman–Crippen MR) is 120 cm³/mol. The van der Waals surface area contributed by atoms with Crippen LogP contribution >= 0.6 is 0 Å². The molecule has 0 aliphatic carbocycles. The summed E-state index contributed by atoms with van der Waals surface area (Å²) in [5, 5.41) is 11.6. The topological polar surface area (TPSA) is 75.6 Å². The van der Waals surface area contributed by atoms with Crippen molar-refractivity contribution in [1.29, 1.82) is 0 Å². The molecule has 0 saturated carbocycles. The number of carbonyl (C=O) groups is 2. The number of Topliss-reactive ketones (excluding diaryl/α,β-unsaturated/α-hetero) is 1. The zero-order chi connectivity index (χ0) is 21.6. The predicted octanol–water partition coefficient (Wildman–Crippen LogP) is 4.71. The Morgan fingerprint density at radius 1 is 0.867 bits per heavy atom. The van der Waals surface area contributed by atoms with Crippen molar-refractivity contribution in [3.05, 3.63) is 59.7 Å². The van der Waals surface area contributed by atoms with Gasteiger partial charge in [0.15, 0.2) is 12.4 Å². The fourth-order valence-electron chi connectivity index (χ4n) is 3.20. The molecule has 1 amide bonds. The Hall–Kier alpha value is -2.66. The summed E-state index contributed by atoms with van der Waals surface area (Å²) in [6.45, 7) is 1.70. The number of aliphatic hydroxyl groups is 1. The number of aryl methyl sites for hydroxylation is 1. The summed E-state index contributed by atoms with van der Waals surface area (Å²) in [5.74, 6) is 0.193. The SMILES string of the molecule is CCCCCCCCc1ccc(OCC(=O)Nc2ccc(CC(=O)CO)cc2)cc1. The van der Waals surface area contributed by atoms with E-state index in [-0.39, 0.29) is 24.7 Å². The molecule has 0 aliphatic rings. The summed E-state index contributed by atoms with van der Waals surface area (Å²) >= 11 is 0. The largest absolute Gasteiger partial charge is 0.484 e. The van der Waals surface area contributed by atoms with Gasteiger partial charge >= 0.3 is 0 Å². The van der Waals surface area contributed by atoms with E-state index in [1.165, 1.54) is 44.1 Å². The maximum atomic E-state index is 12.1. The van der Waals surface area contributed by atoms with Gasteiger partial charge < -0.3 is 15.2 Å². The molecule has 2 rings (SSSR count). The molecule has 0 bridgehead atoms. The number of nitrogens with one attached hydrogen (secondary N) is 1. The van der Waals surface area contributed by atoms with Crippen molar-refractivity contribution in [2.24, 2.45) is 0 Å². The maximum Gasteiger partial charge on any atom is 0.262 e. The van der Waals surface area contributed by atoms with Crippen LogP contribution in [-0.2, 0) is 22.4 Å². The van der Waals surface area contributed by atoms with Crippen molar-refractivity contribution < 1.29 is 19.4 Å². The van der Waals surface area contributed by atoms with E-state index in [0.717, 1.165) is 12.0 Å². The minimum Gasteiger partial charge on any atom is -0.484 e. The number of ketones is 1. The number of rotatable bonds is 14. The summed E-state index contributed by atoms with van der Waals surface area (Å²) in [7, 11) is 0. The van der Waals surface area contributed by atoms with Gasteiger partial charge in [0.2, 0.25) is 0 Å². The lowest BCUT2D eigenvalue weighted by Gasteiger charge is -2.09. The molecule has 5 heteroatoms. The first-order valence-corrected chi connectivity index (χ1v) is 10.8. The van der Waals surface area contributed by atoms with Crippen LogP contribution in [0.15, 0.2) is 48.5 Å². The first-order chi connectivity index (χ1) is 14.6. The summed E-state index contributed by atoms with van der Waals surface area (Å²) in [5.41, 5.74) is 2.73. The van der Waals surface area contributed by atoms with Crippen LogP contribution in [0.4, 0.5) is 5.69 Å². The van der Waals surface area contributed by atoms with E-state index in [2.05, 4.69) is 24.4 Å². The van der Waals surface area contributed by atoms with Crippen LogP contribution in [0.5, 0.6) is 5.75 Å². The molecule has 0 spiro atoms. The monoisotopic (exact) mass is 411 g/mol. The van der Waals surface area contributed by atoms with Crippen LogP contribution in [0.25, 0.3) is 0 Å². The Bertz CT molecular complexity index is 769. The van der Waals surface area contributed by atoms with Crippen molar-refractivity contribution in [2.75, 3.05) is 18.5 Å². The third kappa shape index (κ3) is 9.23. The number of anilines is 1. The zero-order valence-electron chi connectivity index (χ0n) is 17.9. The quantitative estimate of drug-likeness (QED) is 0.442. The zero-order valence-corrected chi connectivity index (χ0v) is 17.9. The third-order valence-electron chi connectivity index (χ3n) is 4.93. The van der Waals surface area contributed by atoms with Crippen LogP contribution < -0.4 is 10.1 Å². The second-order valence-electron chi connectivity index (χ2n) is 7.57. The number of hydrogen-bond acceptors (Lipinski definition) is 4. The number of aliphatic hydroxyl groups excluding tert-OH is 1. The lowest BCUT2D eigenvalue weighted by atomic mass is 10.0. The minimum atomic E-state index is -0.462. The lowest BCUT2D eigenvalue weighted by molar-refractivity contribution is -0.121. The van der Waals surface area contributed by atoms with Crippen LogP contribution in [0.2, 0.25) is 0 Å². The molecule has 162 valence electrons.